The van der Waals surface area contributed by atoms with E-state index in [0.29, 0.717) is 0 Å². The van der Waals surface area contributed by atoms with Gasteiger partial charge >= 0.3 is 0 Å². The Morgan fingerprint density at radius 3 is 2.78 bits per heavy atom. The zero-order valence-corrected chi connectivity index (χ0v) is 12.4. The summed E-state index contributed by atoms with van der Waals surface area (Å²) >= 11 is 7.88. The predicted molar refractivity (Wildman–Crippen MR) is 81.5 cm³/mol. The summed E-state index contributed by atoms with van der Waals surface area (Å²) < 4.78 is 0. The molecule has 0 saturated heterocycles. The van der Waals surface area contributed by atoms with E-state index in [1.54, 1.807) is 11.3 Å². The fraction of sp³-hybridized carbons (Fsp3) is 0.333. The highest BCUT2D eigenvalue weighted by molar-refractivity contribution is 7.10. The van der Waals surface area contributed by atoms with Gasteiger partial charge in [-0.3, -0.25) is 0 Å². The number of halogens is 1. The molecule has 0 fully saturated rings. The van der Waals surface area contributed by atoms with E-state index in [4.69, 9.17) is 11.6 Å². The van der Waals surface area contributed by atoms with E-state index < -0.39 is 0 Å². The van der Waals surface area contributed by atoms with Gasteiger partial charge in [0.05, 0.1) is 0 Å². The predicted octanol–water partition coefficient (Wildman–Crippen LogP) is 4.88. The average Bonchev–Trinajstić information content (AvgIpc) is 2.76. The van der Waals surface area contributed by atoms with Crippen LogP contribution in [0.3, 0.4) is 0 Å². The normalized spacial score (nSPS) is 10.8. The SMILES string of the molecule is CCCNCc1cc(Cl)ccc1-c1csc(C)c1. The Balaban J connectivity index is 2.28. The lowest BCUT2D eigenvalue weighted by Crippen LogP contribution is -2.14. The highest BCUT2D eigenvalue weighted by Crippen LogP contribution is 2.30. The average molecular weight is 280 g/mol. The van der Waals surface area contributed by atoms with Gasteiger partial charge in [-0.2, -0.15) is 0 Å². The molecule has 0 aliphatic rings. The monoisotopic (exact) mass is 279 g/mol. The van der Waals surface area contributed by atoms with Crippen molar-refractivity contribution < 1.29 is 0 Å². The topological polar surface area (TPSA) is 12.0 Å². The number of thiophene rings is 1. The minimum absolute atomic E-state index is 0.805. The van der Waals surface area contributed by atoms with Crippen LogP contribution < -0.4 is 5.32 Å². The summed E-state index contributed by atoms with van der Waals surface area (Å²) in [4.78, 5) is 1.34. The number of aryl methyl sites for hydroxylation is 1. The Bertz CT molecular complexity index is 519. The van der Waals surface area contributed by atoms with Gasteiger partial charge in [0.25, 0.3) is 0 Å². The second kappa shape index (κ2) is 6.37. The van der Waals surface area contributed by atoms with E-state index in [9.17, 15) is 0 Å². The Morgan fingerprint density at radius 1 is 1.28 bits per heavy atom. The van der Waals surface area contributed by atoms with E-state index in [1.165, 1.54) is 21.6 Å². The lowest BCUT2D eigenvalue weighted by molar-refractivity contribution is 0.676. The first kappa shape index (κ1) is 13.6. The molecule has 1 nitrogen and oxygen atoms in total. The van der Waals surface area contributed by atoms with Gasteiger partial charge in [0.15, 0.2) is 0 Å². The van der Waals surface area contributed by atoms with Crippen LogP contribution in [-0.2, 0) is 6.54 Å². The van der Waals surface area contributed by atoms with Gasteiger partial charge in [0.2, 0.25) is 0 Å². The Hall–Kier alpha value is -0.830. The van der Waals surface area contributed by atoms with Crippen LogP contribution in [0.5, 0.6) is 0 Å². The van der Waals surface area contributed by atoms with Crippen LogP contribution in [0.15, 0.2) is 29.6 Å². The number of hydrogen-bond donors (Lipinski definition) is 1. The van der Waals surface area contributed by atoms with Crippen LogP contribution in [0.4, 0.5) is 0 Å². The van der Waals surface area contributed by atoms with Gasteiger partial charge in [-0.25, -0.2) is 0 Å². The number of benzene rings is 1. The van der Waals surface area contributed by atoms with E-state index >= 15 is 0 Å². The largest absolute Gasteiger partial charge is 0.313 e. The molecule has 2 rings (SSSR count). The molecule has 2 aromatic rings. The van der Waals surface area contributed by atoms with Crippen molar-refractivity contribution in [1.82, 2.24) is 5.32 Å². The van der Waals surface area contributed by atoms with Crippen molar-refractivity contribution in [1.29, 1.82) is 0 Å². The molecule has 0 unspecified atom stereocenters. The number of hydrogen-bond acceptors (Lipinski definition) is 2. The fourth-order valence-corrected chi connectivity index (χ4v) is 2.87. The van der Waals surface area contributed by atoms with E-state index in [-0.39, 0.29) is 0 Å². The van der Waals surface area contributed by atoms with Crippen LogP contribution in [-0.4, -0.2) is 6.54 Å². The molecule has 0 amide bonds. The number of nitrogens with one attached hydrogen (secondary N) is 1. The van der Waals surface area contributed by atoms with Crippen molar-refractivity contribution in [2.24, 2.45) is 0 Å². The van der Waals surface area contributed by atoms with Crippen molar-refractivity contribution in [2.45, 2.75) is 26.8 Å². The third kappa shape index (κ3) is 3.35. The van der Waals surface area contributed by atoms with Crippen molar-refractivity contribution in [3.63, 3.8) is 0 Å². The minimum Gasteiger partial charge on any atom is -0.313 e. The lowest BCUT2D eigenvalue weighted by atomic mass is 10.0. The van der Waals surface area contributed by atoms with Crippen molar-refractivity contribution >= 4 is 22.9 Å². The molecule has 96 valence electrons. The molecule has 0 saturated carbocycles. The van der Waals surface area contributed by atoms with Crippen LogP contribution in [0.1, 0.15) is 23.8 Å². The first-order valence-electron chi connectivity index (χ1n) is 6.25. The summed E-state index contributed by atoms with van der Waals surface area (Å²) in [7, 11) is 0. The van der Waals surface area contributed by atoms with Gasteiger partial charge in [0.1, 0.15) is 0 Å². The van der Waals surface area contributed by atoms with E-state index in [0.717, 1.165) is 24.5 Å². The van der Waals surface area contributed by atoms with Crippen molar-refractivity contribution in [2.75, 3.05) is 6.54 Å². The molecular formula is C15H18ClNS. The van der Waals surface area contributed by atoms with Gasteiger partial charge in [-0.15, -0.1) is 11.3 Å². The molecule has 1 aromatic carbocycles. The Kier molecular flexibility index (Phi) is 4.81. The molecule has 0 atom stereocenters. The maximum atomic E-state index is 6.10. The van der Waals surface area contributed by atoms with Gasteiger partial charge in [-0.05, 0) is 60.2 Å². The number of rotatable bonds is 5. The molecule has 0 bridgehead atoms. The first-order chi connectivity index (χ1) is 8.70. The highest BCUT2D eigenvalue weighted by Gasteiger charge is 2.07. The van der Waals surface area contributed by atoms with Crippen LogP contribution >= 0.6 is 22.9 Å². The van der Waals surface area contributed by atoms with E-state index in [1.807, 2.05) is 6.07 Å². The molecule has 0 aliphatic heterocycles. The molecule has 3 heteroatoms. The summed E-state index contributed by atoms with van der Waals surface area (Å²) in [6.45, 7) is 6.22. The summed E-state index contributed by atoms with van der Waals surface area (Å²) in [6.07, 6.45) is 1.15. The zero-order valence-electron chi connectivity index (χ0n) is 10.8. The molecule has 0 aliphatic carbocycles. The van der Waals surface area contributed by atoms with Crippen molar-refractivity contribution in [3.05, 3.63) is 45.1 Å². The second-order valence-electron chi connectivity index (χ2n) is 4.42. The molecule has 1 heterocycles. The maximum absolute atomic E-state index is 6.10. The highest BCUT2D eigenvalue weighted by atomic mass is 35.5. The third-order valence-electron chi connectivity index (χ3n) is 2.85. The molecule has 0 radical (unpaired) electrons. The van der Waals surface area contributed by atoms with Gasteiger partial charge < -0.3 is 5.32 Å². The fourth-order valence-electron chi connectivity index (χ4n) is 1.97. The quantitative estimate of drug-likeness (QED) is 0.770. The molecule has 0 spiro atoms. The van der Waals surface area contributed by atoms with E-state index in [2.05, 4.69) is 42.7 Å². The van der Waals surface area contributed by atoms with Crippen molar-refractivity contribution in [3.8, 4) is 11.1 Å². The lowest BCUT2D eigenvalue weighted by Gasteiger charge is -2.10. The van der Waals surface area contributed by atoms with Gasteiger partial charge in [0, 0.05) is 16.4 Å². The standard InChI is InChI=1S/C15H18ClNS/c1-3-6-17-9-12-8-14(16)4-5-15(12)13-7-11(2)18-10-13/h4-5,7-8,10,17H,3,6,9H2,1-2H3. The van der Waals surface area contributed by atoms with Crippen LogP contribution in [0, 0.1) is 6.92 Å². The minimum atomic E-state index is 0.805. The van der Waals surface area contributed by atoms with Gasteiger partial charge in [-0.1, -0.05) is 24.6 Å². The Morgan fingerprint density at radius 2 is 2.11 bits per heavy atom. The van der Waals surface area contributed by atoms with Crippen LogP contribution in [0.25, 0.3) is 11.1 Å². The Labute approximate surface area is 118 Å². The summed E-state index contributed by atoms with van der Waals surface area (Å²) in [6, 6.07) is 8.38. The first-order valence-corrected chi connectivity index (χ1v) is 7.51. The van der Waals surface area contributed by atoms with Crippen LogP contribution in [0.2, 0.25) is 5.02 Å². The summed E-state index contributed by atoms with van der Waals surface area (Å²) in [5.74, 6) is 0. The smallest absolute Gasteiger partial charge is 0.0409 e. The molecular weight excluding hydrogens is 262 g/mol. The second-order valence-corrected chi connectivity index (χ2v) is 5.98. The molecule has 18 heavy (non-hydrogen) atoms. The summed E-state index contributed by atoms with van der Waals surface area (Å²) in [5.41, 5.74) is 3.85. The molecule has 1 aromatic heterocycles. The third-order valence-corrected chi connectivity index (χ3v) is 3.95. The summed E-state index contributed by atoms with van der Waals surface area (Å²) in [5, 5.41) is 6.46. The maximum Gasteiger partial charge on any atom is 0.0409 e. The zero-order chi connectivity index (χ0) is 13.0. The molecule has 1 N–H and O–H groups in total.